The predicted octanol–water partition coefficient (Wildman–Crippen LogP) is 2.12. The Kier molecular flexibility index (Phi) is 5.68. The topological polar surface area (TPSA) is 95.5 Å². The van der Waals surface area contributed by atoms with Crippen LogP contribution in [-0.4, -0.2) is 29.4 Å². The van der Waals surface area contributed by atoms with Gasteiger partial charge in [-0.25, -0.2) is 0 Å². The molecule has 0 aliphatic heterocycles. The zero-order valence-corrected chi connectivity index (χ0v) is 13.3. The number of carboxylic acid groups (broad SMARTS) is 1. The molecule has 0 saturated carbocycles. The summed E-state index contributed by atoms with van der Waals surface area (Å²) >= 11 is 0. The fraction of sp³-hybridized carbons (Fsp3) is 0.438. The first-order chi connectivity index (χ1) is 10.1. The molecule has 0 bridgehead atoms. The Morgan fingerprint density at radius 1 is 1.14 bits per heavy atom. The molecule has 6 nitrogen and oxygen atoms in total. The van der Waals surface area contributed by atoms with Gasteiger partial charge in [0.2, 0.25) is 5.91 Å². The van der Waals surface area contributed by atoms with Crippen LogP contribution < -0.4 is 10.6 Å². The highest BCUT2D eigenvalue weighted by molar-refractivity contribution is 5.97. The molecule has 1 aromatic carbocycles. The Morgan fingerprint density at radius 3 is 2.14 bits per heavy atom. The quantitative estimate of drug-likeness (QED) is 0.776. The van der Waals surface area contributed by atoms with E-state index in [0.717, 1.165) is 0 Å². The van der Waals surface area contributed by atoms with Crippen LogP contribution in [-0.2, 0) is 9.59 Å². The highest BCUT2D eigenvalue weighted by atomic mass is 16.4. The molecule has 0 spiro atoms. The first kappa shape index (κ1) is 17.7. The molecule has 0 aromatic heterocycles. The lowest BCUT2D eigenvalue weighted by molar-refractivity contribution is -0.135. The third-order valence-electron chi connectivity index (χ3n) is 3.51. The smallest absolute Gasteiger partial charge is 0.322 e. The minimum absolute atomic E-state index is 0.0874. The number of anilines is 1. The third kappa shape index (κ3) is 5.20. The molecule has 1 atom stereocenters. The van der Waals surface area contributed by atoms with Crippen molar-refractivity contribution in [3.63, 3.8) is 0 Å². The summed E-state index contributed by atoms with van der Waals surface area (Å²) < 4.78 is 0. The van der Waals surface area contributed by atoms with Crippen LogP contribution in [0.2, 0.25) is 0 Å². The fourth-order valence-electron chi connectivity index (χ4n) is 1.61. The second-order valence-corrected chi connectivity index (χ2v) is 6.23. The van der Waals surface area contributed by atoms with Crippen molar-refractivity contribution in [2.45, 2.75) is 27.7 Å². The summed E-state index contributed by atoms with van der Waals surface area (Å²) in [7, 11) is 0. The van der Waals surface area contributed by atoms with Gasteiger partial charge in [-0.1, -0.05) is 27.7 Å². The highest BCUT2D eigenvalue weighted by Crippen LogP contribution is 2.26. The molecule has 0 heterocycles. The van der Waals surface area contributed by atoms with Gasteiger partial charge < -0.3 is 15.7 Å². The van der Waals surface area contributed by atoms with Crippen molar-refractivity contribution in [2.24, 2.45) is 11.3 Å². The third-order valence-corrected chi connectivity index (χ3v) is 3.51. The van der Waals surface area contributed by atoms with Gasteiger partial charge in [-0.3, -0.25) is 14.4 Å². The first-order valence-corrected chi connectivity index (χ1v) is 7.02. The van der Waals surface area contributed by atoms with Crippen molar-refractivity contribution in [1.29, 1.82) is 0 Å². The van der Waals surface area contributed by atoms with Gasteiger partial charge >= 0.3 is 5.97 Å². The standard InChI is InChI=1S/C16H22N2O4/c1-10(16(2,3)4)14(21)18-12-7-5-11(6-8-12)15(22)17-9-13(19)20/h5-8,10H,9H2,1-4H3,(H,17,22)(H,18,21)(H,19,20). The number of carbonyl (C=O) groups excluding carboxylic acids is 2. The number of carboxylic acids is 1. The molecule has 6 heteroatoms. The van der Waals surface area contributed by atoms with E-state index in [1.165, 1.54) is 12.1 Å². The molecule has 2 amide bonds. The number of nitrogens with one attached hydrogen (secondary N) is 2. The van der Waals surface area contributed by atoms with E-state index in [2.05, 4.69) is 10.6 Å². The average Bonchev–Trinajstić information content (AvgIpc) is 2.43. The van der Waals surface area contributed by atoms with Crippen molar-refractivity contribution in [1.82, 2.24) is 5.32 Å². The summed E-state index contributed by atoms with van der Waals surface area (Å²) in [5.74, 6) is -1.82. The van der Waals surface area contributed by atoms with E-state index >= 15 is 0 Å². The van der Waals surface area contributed by atoms with Gasteiger partial charge in [0.25, 0.3) is 5.91 Å². The van der Waals surface area contributed by atoms with Gasteiger partial charge in [-0.05, 0) is 29.7 Å². The minimum atomic E-state index is -1.10. The van der Waals surface area contributed by atoms with E-state index in [4.69, 9.17) is 5.11 Å². The second-order valence-electron chi connectivity index (χ2n) is 6.23. The number of carbonyl (C=O) groups is 3. The lowest BCUT2D eigenvalue weighted by Crippen LogP contribution is -2.31. The summed E-state index contributed by atoms with van der Waals surface area (Å²) in [5.41, 5.74) is 0.791. The Labute approximate surface area is 129 Å². The number of amides is 2. The zero-order valence-electron chi connectivity index (χ0n) is 13.3. The number of aliphatic carboxylic acids is 1. The van der Waals surface area contributed by atoms with E-state index < -0.39 is 18.4 Å². The molecule has 1 aromatic rings. The van der Waals surface area contributed by atoms with Crippen LogP contribution in [0.5, 0.6) is 0 Å². The molecule has 120 valence electrons. The first-order valence-electron chi connectivity index (χ1n) is 7.02. The monoisotopic (exact) mass is 306 g/mol. The Bertz CT molecular complexity index is 559. The summed E-state index contributed by atoms with van der Waals surface area (Å²) in [6.07, 6.45) is 0. The Hall–Kier alpha value is -2.37. The predicted molar refractivity (Wildman–Crippen MR) is 83.7 cm³/mol. The highest BCUT2D eigenvalue weighted by Gasteiger charge is 2.26. The Morgan fingerprint density at radius 2 is 1.68 bits per heavy atom. The number of rotatable bonds is 5. The molecule has 1 rings (SSSR count). The van der Waals surface area contributed by atoms with Gasteiger partial charge in [0, 0.05) is 17.2 Å². The van der Waals surface area contributed by atoms with Crippen molar-refractivity contribution >= 4 is 23.5 Å². The van der Waals surface area contributed by atoms with Crippen molar-refractivity contribution in [3.05, 3.63) is 29.8 Å². The van der Waals surface area contributed by atoms with Crippen molar-refractivity contribution in [3.8, 4) is 0 Å². The van der Waals surface area contributed by atoms with Crippen LogP contribution in [0, 0.1) is 11.3 Å². The summed E-state index contributed by atoms with van der Waals surface area (Å²) in [4.78, 5) is 34.2. The summed E-state index contributed by atoms with van der Waals surface area (Å²) in [5, 5.41) is 13.6. The SMILES string of the molecule is CC(C(=O)Nc1ccc(C(=O)NCC(=O)O)cc1)C(C)(C)C. The maximum absolute atomic E-state index is 12.1. The van der Waals surface area contributed by atoms with Gasteiger partial charge in [-0.2, -0.15) is 0 Å². The van der Waals surface area contributed by atoms with E-state index in [9.17, 15) is 14.4 Å². The molecule has 0 radical (unpaired) electrons. The van der Waals surface area contributed by atoms with Crippen LogP contribution in [0.4, 0.5) is 5.69 Å². The van der Waals surface area contributed by atoms with Crippen LogP contribution in [0.3, 0.4) is 0 Å². The fourth-order valence-corrected chi connectivity index (χ4v) is 1.61. The molecule has 3 N–H and O–H groups in total. The molecule has 1 unspecified atom stereocenters. The number of hydrogen-bond donors (Lipinski definition) is 3. The maximum atomic E-state index is 12.1. The minimum Gasteiger partial charge on any atom is -0.480 e. The van der Waals surface area contributed by atoms with Gasteiger partial charge in [0.1, 0.15) is 6.54 Å². The number of benzene rings is 1. The molecular weight excluding hydrogens is 284 g/mol. The zero-order chi connectivity index (χ0) is 16.9. The Balaban J connectivity index is 2.67. The van der Waals surface area contributed by atoms with E-state index in [-0.39, 0.29) is 17.2 Å². The molecule has 0 aliphatic carbocycles. The lowest BCUT2D eigenvalue weighted by atomic mass is 9.81. The lowest BCUT2D eigenvalue weighted by Gasteiger charge is -2.26. The van der Waals surface area contributed by atoms with Gasteiger partial charge in [0.05, 0.1) is 0 Å². The number of hydrogen-bond acceptors (Lipinski definition) is 3. The van der Waals surface area contributed by atoms with Crippen molar-refractivity contribution in [2.75, 3.05) is 11.9 Å². The average molecular weight is 306 g/mol. The summed E-state index contributed by atoms with van der Waals surface area (Å²) in [6.45, 7) is 7.41. The maximum Gasteiger partial charge on any atom is 0.322 e. The second kappa shape index (κ2) is 7.06. The van der Waals surface area contributed by atoms with E-state index in [0.29, 0.717) is 11.3 Å². The summed E-state index contributed by atoms with van der Waals surface area (Å²) in [6, 6.07) is 6.30. The van der Waals surface area contributed by atoms with Gasteiger partial charge in [0.15, 0.2) is 0 Å². The van der Waals surface area contributed by atoms with E-state index in [1.54, 1.807) is 12.1 Å². The molecule has 22 heavy (non-hydrogen) atoms. The molecular formula is C16H22N2O4. The van der Waals surface area contributed by atoms with Crippen molar-refractivity contribution < 1.29 is 19.5 Å². The van der Waals surface area contributed by atoms with Crippen LogP contribution in [0.15, 0.2) is 24.3 Å². The van der Waals surface area contributed by atoms with E-state index in [1.807, 2.05) is 27.7 Å². The van der Waals surface area contributed by atoms with Crippen LogP contribution in [0.25, 0.3) is 0 Å². The molecule has 0 fully saturated rings. The largest absolute Gasteiger partial charge is 0.480 e. The van der Waals surface area contributed by atoms with Gasteiger partial charge in [-0.15, -0.1) is 0 Å². The van der Waals surface area contributed by atoms with Crippen LogP contribution in [0.1, 0.15) is 38.1 Å². The molecule has 0 aliphatic rings. The molecule has 0 saturated heterocycles. The van der Waals surface area contributed by atoms with Crippen LogP contribution >= 0.6 is 0 Å². The normalized spacial score (nSPS) is 12.4.